The number of nitriles is 1. The van der Waals surface area contributed by atoms with Crippen LogP contribution in [0.2, 0.25) is 5.02 Å². The average Bonchev–Trinajstić information content (AvgIpc) is 3.68. The zero-order chi connectivity index (χ0) is 26.4. The number of nitrogens with one attached hydrogen (secondary N) is 1. The summed E-state index contributed by atoms with van der Waals surface area (Å²) >= 11 is 6.29. The Balaban J connectivity index is 1.80. The summed E-state index contributed by atoms with van der Waals surface area (Å²) in [5.41, 5.74) is 17.0. The predicted octanol–water partition coefficient (Wildman–Crippen LogP) is 2.67. The fourth-order valence-electron chi connectivity index (χ4n) is 4.17. The van der Waals surface area contributed by atoms with Crippen LogP contribution in [-0.4, -0.2) is 25.4 Å². The first-order chi connectivity index (χ1) is 17.7. The van der Waals surface area contributed by atoms with E-state index in [0.717, 1.165) is 25.0 Å². The lowest BCUT2D eigenvalue weighted by Gasteiger charge is -2.24. The second-order valence-corrected chi connectivity index (χ2v) is 8.98. The molecule has 1 fully saturated rings. The summed E-state index contributed by atoms with van der Waals surface area (Å²) in [4.78, 5) is 38.3. The molecule has 0 aliphatic heterocycles. The number of amides is 1. The number of rotatable bonds is 6. The van der Waals surface area contributed by atoms with Crippen molar-refractivity contribution >= 4 is 46.0 Å². The van der Waals surface area contributed by atoms with Crippen LogP contribution in [0.3, 0.4) is 0 Å². The Morgan fingerprint density at radius 3 is 2.65 bits per heavy atom. The van der Waals surface area contributed by atoms with Gasteiger partial charge in [0, 0.05) is 5.56 Å². The van der Waals surface area contributed by atoms with E-state index in [2.05, 4.69) is 20.3 Å². The van der Waals surface area contributed by atoms with E-state index < -0.39 is 23.3 Å². The molecule has 5 rings (SSSR count). The van der Waals surface area contributed by atoms with Gasteiger partial charge >= 0.3 is 0 Å². The van der Waals surface area contributed by atoms with Gasteiger partial charge in [-0.3, -0.25) is 14.2 Å². The van der Waals surface area contributed by atoms with Crippen molar-refractivity contribution in [3.05, 3.63) is 74.5 Å². The highest BCUT2D eigenvalue weighted by molar-refractivity contribution is 6.35. The molecule has 2 aromatic carbocycles. The minimum absolute atomic E-state index is 0.0156. The Bertz CT molecular complexity index is 1690. The van der Waals surface area contributed by atoms with Gasteiger partial charge < -0.3 is 22.5 Å². The van der Waals surface area contributed by atoms with Crippen molar-refractivity contribution in [2.75, 3.05) is 16.8 Å². The molecule has 2 heterocycles. The van der Waals surface area contributed by atoms with Crippen LogP contribution >= 0.6 is 11.6 Å². The Morgan fingerprint density at radius 2 is 1.97 bits per heavy atom. The van der Waals surface area contributed by atoms with Crippen LogP contribution in [0.4, 0.5) is 22.0 Å². The maximum atomic E-state index is 14.2. The minimum Gasteiger partial charge on any atom is -0.382 e. The van der Waals surface area contributed by atoms with Crippen LogP contribution in [0.1, 0.15) is 40.6 Å². The number of nitrogens with two attached hydrogens (primary N) is 3. The first-order valence-corrected chi connectivity index (χ1v) is 11.5. The first-order valence-electron chi connectivity index (χ1n) is 11.1. The summed E-state index contributed by atoms with van der Waals surface area (Å²) in [6.07, 6.45) is 1.56. The Kier molecular flexibility index (Phi) is 5.85. The number of anilines is 3. The van der Waals surface area contributed by atoms with Crippen molar-refractivity contribution in [3.8, 4) is 11.8 Å². The molecule has 11 nitrogen and oxygen atoms in total. The molecule has 1 atom stereocenters. The zero-order valence-electron chi connectivity index (χ0n) is 19.1. The van der Waals surface area contributed by atoms with E-state index in [0.29, 0.717) is 0 Å². The number of carbonyl (C=O) groups excluding carboxylic acids is 1. The molecule has 0 unspecified atom stereocenters. The van der Waals surface area contributed by atoms with Crippen LogP contribution in [0.5, 0.6) is 0 Å². The second-order valence-electron chi connectivity index (χ2n) is 8.57. The highest BCUT2D eigenvalue weighted by Gasteiger charge is 2.37. The number of fused-ring (bicyclic) bond motifs is 1. The standard InChI is InChI=1S/C24H19ClFN9O2/c25-16-8-12(26)7-14-18(16)32-22(35(23(14)37)13-3-1-2-11(6-13)20(29)36)17(10-4-5-10)31-21-15(9-27)19(28)33-24(30)34-21/h1-3,6-8,10,17H,4-5H2,(H2,29,36)(H5,28,30,31,33,34)/t17-/m0/s1. The Hall–Kier alpha value is -4.76. The lowest BCUT2D eigenvalue weighted by molar-refractivity contribution is 0.1000. The summed E-state index contributed by atoms with van der Waals surface area (Å²) in [5.74, 6) is -1.39. The molecule has 0 spiro atoms. The lowest BCUT2D eigenvalue weighted by Crippen LogP contribution is -2.30. The van der Waals surface area contributed by atoms with E-state index in [-0.39, 0.29) is 62.1 Å². The number of benzene rings is 2. The van der Waals surface area contributed by atoms with Gasteiger partial charge in [0.15, 0.2) is 5.82 Å². The summed E-state index contributed by atoms with van der Waals surface area (Å²) in [6, 6.07) is 9.50. The number of primary amides is 1. The van der Waals surface area contributed by atoms with Crippen molar-refractivity contribution in [1.29, 1.82) is 5.26 Å². The van der Waals surface area contributed by atoms with Gasteiger partial charge in [0.1, 0.15) is 29.1 Å². The van der Waals surface area contributed by atoms with E-state index in [1.165, 1.54) is 16.7 Å². The highest BCUT2D eigenvalue weighted by Crippen LogP contribution is 2.43. The molecule has 0 bridgehead atoms. The molecule has 0 saturated heterocycles. The summed E-state index contributed by atoms with van der Waals surface area (Å²) in [7, 11) is 0. The average molecular weight is 520 g/mol. The quantitative estimate of drug-likeness (QED) is 0.296. The van der Waals surface area contributed by atoms with Gasteiger partial charge in [-0.1, -0.05) is 17.7 Å². The van der Waals surface area contributed by atoms with E-state index in [4.69, 9.17) is 28.8 Å². The molecule has 186 valence electrons. The Labute approximate surface area is 213 Å². The van der Waals surface area contributed by atoms with Crippen LogP contribution in [0.25, 0.3) is 16.6 Å². The first kappa shape index (κ1) is 24.0. The maximum Gasteiger partial charge on any atom is 0.266 e. The van der Waals surface area contributed by atoms with Crippen LogP contribution in [-0.2, 0) is 0 Å². The second kappa shape index (κ2) is 9.03. The smallest absolute Gasteiger partial charge is 0.266 e. The summed E-state index contributed by atoms with van der Waals surface area (Å²) in [6.45, 7) is 0. The van der Waals surface area contributed by atoms with E-state index in [1.54, 1.807) is 12.1 Å². The molecular formula is C24H19ClFN9O2. The van der Waals surface area contributed by atoms with Gasteiger partial charge in [-0.2, -0.15) is 15.2 Å². The van der Waals surface area contributed by atoms with Crippen molar-refractivity contribution in [1.82, 2.24) is 19.5 Å². The molecule has 37 heavy (non-hydrogen) atoms. The van der Waals surface area contributed by atoms with Gasteiger partial charge in [-0.15, -0.1) is 0 Å². The van der Waals surface area contributed by atoms with E-state index in [9.17, 15) is 19.2 Å². The molecule has 13 heteroatoms. The minimum atomic E-state index is -0.705. The number of nitrogens with zero attached hydrogens (tertiary/aromatic N) is 5. The van der Waals surface area contributed by atoms with Crippen LogP contribution < -0.4 is 28.1 Å². The molecule has 7 N–H and O–H groups in total. The summed E-state index contributed by atoms with van der Waals surface area (Å²) in [5, 5.41) is 12.7. The van der Waals surface area contributed by atoms with Gasteiger partial charge in [-0.05, 0) is 49.1 Å². The molecule has 1 aliphatic carbocycles. The number of carbonyl (C=O) groups is 1. The Morgan fingerprint density at radius 1 is 1.22 bits per heavy atom. The van der Waals surface area contributed by atoms with Crippen molar-refractivity contribution in [3.63, 3.8) is 0 Å². The van der Waals surface area contributed by atoms with E-state index in [1.807, 2.05) is 6.07 Å². The van der Waals surface area contributed by atoms with Crippen molar-refractivity contribution < 1.29 is 9.18 Å². The number of halogens is 2. The predicted molar refractivity (Wildman–Crippen MR) is 135 cm³/mol. The molecular weight excluding hydrogens is 501 g/mol. The molecule has 1 amide bonds. The third kappa shape index (κ3) is 4.36. The largest absolute Gasteiger partial charge is 0.382 e. The third-order valence-corrected chi connectivity index (χ3v) is 6.32. The fourth-order valence-corrected chi connectivity index (χ4v) is 4.42. The molecule has 1 saturated carbocycles. The SMILES string of the molecule is N#Cc1c(N)nc(N)nc1N[C@H](c1nc2c(Cl)cc(F)cc2c(=O)n1-c1cccc(C(N)=O)c1)C1CC1. The topological polar surface area (TPSA) is 192 Å². The van der Waals surface area contributed by atoms with Crippen molar-refractivity contribution in [2.45, 2.75) is 18.9 Å². The fraction of sp³-hybridized carbons (Fsp3) is 0.167. The van der Waals surface area contributed by atoms with Gasteiger partial charge in [0.2, 0.25) is 11.9 Å². The molecule has 4 aromatic rings. The number of aromatic nitrogens is 4. The number of nitrogen functional groups attached to an aromatic ring is 2. The maximum absolute atomic E-state index is 14.2. The van der Waals surface area contributed by atoms with Crippen molar-refractivity contribution in [2.24, 2.45) is 11.7 Å². The third-order valence-electron chi connectivity index (χ3n) is 6.04. The van der Waals surface area contributed by atoms with Gasteiger partial charge in [0.25, 0.3) is 5.56 Å². The molecule has 2 aromatic heterocycles. The van der Waals surface area contributed by atoms with E-state index >= 15 is 0 Å². The van der Waals surface area contributed by atoms with Crippen LogP contribution in [0.15, 0.2) is 41.2 Å². The van der Waals surface area contributed by atoms with Crippen LogP contribution in [0, 0.1) is 23.1 Å². The molecule has 1 aliphatic rings. The lowest BCUT2D eigenvalue weighted by atomic mass is 10.1. The van der Waals surface area contributed by atoms with Gasteiger partial charge in [0.05, 0.1) is 27.7 Å². The molecule has 0 radical (unpaired) electrons. The van der Waals surface area contributed by atoms with Gasteiger partial charge in [-0.25, -0.2) is 9.37 Å². The summed E-state index contributed by atoms with van der Waals surface area (Å²) < 4.78 is 15.5. The number of hydrogen-bond acceptors (Lipinski definition) is 9. The monoisotopic (exact) mass is 519 g/mol. The number of hydrogen-bond donors (Lipinski definition) is 4. The highest BCUT2D eigenvalue weighted by atomic mass is 35.5. The zero-order valence-corrected chi connectivity index (χ0v) is 19.8. The normalized spacial score (nSPS) is 13.8.